The van der Waals surface area contributed by atoms with E-state index in [2.05, 4.69) is 17.2 Å². The minimum absolute atomic E-state index is 0.0413. The first kappa shape index (κ1) is 23.2. The zero-order chi connectivity index (χ0) is 23.6. The summed E-state index contributed by atoms with van der Waals surface area (Å²) in [5.41, 5.74) is -0.852. The Balaban J connectivity index is 1.58. The van der Waals surface area contributed by atoms with Gasteiger partial charge in [-0.25, -0.2) is 0 Å². The SMILES string of the molecule is CC1CCC2(CC1)OC[C@@H](C(=O)NCc1cccnc1)N2C(=O)c1ccc(C(F)(F)F)cc1. The molecule has 4 rings (SSSR count). The first-order chi connectivity index (χ1) is 15.7. The third-order valence-corrected chi connectivity index (χ3v) is 6.49. The number of rotatable bonds is 4. The van der Waals surface area contributed by atoms with Crippen LogP contribution in [0.25, 0.3) is 0 Å². The van der Waals surface area contributed by atoms with Crippen molar-refractivity contribution in [1.29, 1.82) is 0 Å². The largest absolute Gasteiger partial charge is 0.416 e. The van der Waals surface area contributed by atoms with Crippen LogP contribution in [0, 0.1) is 5.92 Å². The topological polar surface area (TPSA) is 71.5 Å². The van der Waals surface area contributed by atoms with Crippen LogP contribution in [0.5, 0.6) is 0 Å². The number of aromatic nitrogens is 1. The van der Waals surface area contributed by atoms with Crippen LogP contribution >= 0.6 is 0 Å². The van der Waals surface area contributed by atoms with Crippen LogP contribution in [0.4, 0.5) is 13.2 Å². The number of benzene rings is 1. The molecule has 1 aliphatic heterocycles. The molecule has 2 aliphatic rings. The van der Waals surface area contributed by atoms with Crippen molar-refractivity contribution in [3.63, 3.8) is 0 Å². The summed E-state index contributed by atoms with van der Waals surface area (Å²) in [4.78, 5) is 32.1. The highest BCUT2D eigenvalue weighted by atomic mass is 19.4. The molecule has 2 amide bonds. The molecule has 1 spiro atoms. The van der Waals surface area contributed by atoms with Gasteiger partial charge in [-0.3, -0.25) is 19.5 Å². The molecule has 2 heterocycles. The summed E-state index contributed by atoms with van der Waals surface area (Å²) in [6.45, 7) is 2.41. The summed E-state index contributed by atoms with van der Waals surface area (Å²) in [5, 5.41) is 2.84. The molecular weight excluding hydrogens is 435 g/mol. The van der Waals surface area contributed by atoms with Crippen molar-refractivity contribution >= 4 is 11.8 Å². The number of ether oxygens (including phenoxy) is 1. The average molecular weight is 461 g/mol. The molecule has 0 unspecified atom stereocenters. The van der Waals surface area contributed by atoms with Crippen molar-refractivity contribution < 1.29 is 27.5 Å². The Hall–Kier alpha value is -2.94. The number of amides is 2. The smallest absolute Gasteiger partial charge is 0.353 e. The van der Waals surface area contributed by atoms with Gasteiger partial charge in [0.25, 0.3) is 5.91 Å². The molecular formula is C24H26F3N3O3. The van der Waals surface area contributed by atoms with Gasteiger partial charge in [0.1, 0.15) is 11.8 Å². The highest BCUT2D eigenvalue weighted by Crippen LogP contribution is 2.43. The maximum atomic E-state index is 13.5. The van der Waals surface area contributed by atoms with Gasteiger partial charge >= 0.3 is 6.18 Å². The summed E-state index contributed by atoms with van der Waals surface area (Å²) in [5.74, 6) is -0.396. The summed E-state index contributed by atoms with van der Waals surface area (Å²) in [6.07, 6.45) is 1.60. The Labute approximate surface area is 190 Å². The average Bonchev–Trinajstić information content (AvgIpc) is 3.18. The van der Waals surface area contributed by atoms with Crippen molar-refractivity contribution in [1.82, 2.24) is 15.2 Å². The third kappa shape index (κ3) is 4.88. The number of halogens is 3. The maximum Gasteiger partial charge on any atom is 0.416 e. The lowest BCUT2D eigenvalue weighted by molar-refractivity contribution is -0.137. The lowest BCUT2D eigenvalue weighted by atomic mass is 9.83. The molecule has 33 heavy (non-hydrogen) atoms. The van der Waals surface area contributed by atoms with Gasteiger partial charge in [-0.1, -0.05) is 13.0 Å². The van der Waals surface area contributed by atoms with Crippen LogP contribution in [-0.4, -0.2) is 40.1 Å². The standard InChI is InChI=1S/C24H26F3N3O3/c1-16-8-10-23(11-9-16)30(22(32)18-4-6-19(7-5-18)24(25,26)27)20(15-33-23)21(31)29-14-17-3-2-12-28-13-17/h2-7,12-13,16,20H,8-11,14-15H2,1H3,(H,29,31)/t16?,20-,23?/m0/s1. The quantitative estimate of drug-likeness (QED) is 0.742. The molecule has 1 aromatic heterocycles. The Morgan fingerprint density at radius 3 is 2.48 bits per heavy atom. The van der Waals surface area contributed by atoms with Gasteiger partial charge in [0.05, 0.1) is 12.2 Å². The molecule has 6 nitrogen and oxygen atoms in total. The van der Waals surface area contributed by atoms with E-state index >= 15 is 0 Å². The fraction of sp³-hybridized carbons (Fsp3) is 0.458. The second-order valence-electron chi connectivity index (χ2n) is 8.78. The second kappa shape index (κ2) is 9.13. The molecule has 176 valence electrons. The van der Waals surface area contributed by atoms with E-state index in [0.29, 0.717) is 18.8 Å². The lowest BCUT2D eigenvalue weighted by Crippen LogP contribution is -2.56. The fourth-order valence-electron chi connectivity index (χ4n) is 4.53. The Kier molecular flexibility index (Phi) is 6.43. The molecule has 1 aromatic carbocycles. The first-order valence-electron chi connectivity index (χ1n) is 11.0. The Morgan fingerprint density at radius 1 is 1.18 bits per heavy atom. The van der Waals surface area contributed by atoms with Crippen LogP contribution in [0.3, 0.4) is 0 Å². The predicted molar refractivity (Wildman–Crippen MR) is 114 cm³/mol. The van der Waals surface area contributed by atoms with Crippen molar-refractivity contribution in [3.05, 3.63) is 65.5 Å². The van der Waals surface area contributed by atoms with E-state index in [-0.39, 0.29) is 24.6 Å². The molecule has 1 atom stereocenters. The molecule has 1 N–H and O–H groups in total. The summed E-state index contributed by atoms with van der Waals surface area (Å²) < 4.78 is 45.0. The van der Waals surface area contributed by atoms with Crippen LogP contribution < -0.4 is 5.32 Å². The van der Waals surface area contributed by atoms with E-state index in [1.807, 2.05) is 6.07 Å². The number of nitrogens with one attached hydrogen (secondary N) is 1. The molecule has 1 aliphatic carbocycles. The number of carbonyl (C=O) groups excluding carboxylic acids is 2. The Bertz CT molecular complexity index is 988. The van der Waals surface area contributed by atoms with Crippen LogP contribution in [0.1, 0.15) is 54.1 Å². The number of pyridine rings is 1. The van der Waals surface area contributed by atoms with E-state index in [9.17, 15) is 22.8 Å². The van der Waals surface area contributed by atoms with Crippen molar-refractivity contribution in [2.75, 3.05) is 6.61 Å². The molecule has 1 saturated carbocycles. The van der Waals surface area contributed by atoms with E-state index in [4.69, 9.17) is 4.74 Å². The lowest BCUT2D eigenvalue weighted by Gasteiger charge is -2.43. The van der Waals surface area contributed by atoms with Crippen LogP contribution in [0.2, 0.25) is 0 Å². The number of hydrogen-bond donors (Lipinski definition) is 1. The van der Waals surface area contributed by atoms with E-state index in [1.165, 1.54) is 4.90 Å². The van der Waals surface area contributed by atoms with Crippen molar-refractivity contribution in [2.45, 2.75) is 57.1 Å². The number of hydrogen-bond acceptors (Lipinski definition) is 4. The molecule has 9 heteroatoms. The minimum Gasteiger partial charge on any atom is -0.353 e. The van der Waals surface area contributed by atoms with Crippen molar-refractivity contribution in [3.8, 4) is 0 Å². The molecule has 0 radical (unpaired) electrons. The van der Waals surface area contributed by atoms with Gasteiger partial charge < -0.3 is 10.1 Å². The van der Waals surface area contributed by atoms with Gasteiger partial charge in [-0.2, -0.15) is 13.2 Å². The number of alkyl halides is 3. The van der Waals surface area contributed by atoms with E-state index in [0.717, 1.165) is 42.7 Å². The first-order valence-corrected chi connectivity index (χ1v) is 11.0. The van der Waals surface area contributed by atoms with Gasteiger partial charge in [0, 0.05) is 24.5 Å². The van der Waals surface area contributed by atoms with Crippen LogP contribution in [0.15, 0.2) is 48.8 Å². The Morgan fingerprint density at radius 2 is 1.88 bits per heavy atom. The predicted octanol–water partition coefficient (Wildman–Crippen LogP) is 4.16. The van der Waals surface area contributed by atoms with E-state index in [1.54, 1.807) is 18.5 Å². The van der Waals surface area contributed by atoms with Crippen molar-refractivity contribution in [2.24, 2.45) is 5.92 Å². The van der Waals surface area contributed by atoms with Gasteiger partial charge in [-0.05, 0) is 67.5 Å². The van der Waals surface area contributed by atoms with Gasteiger partial charge in [0.15, 0.2) is 0 Å². The van der Waals surface area contributed by atoms with Gasteiger partial charge in [-0.15, -0.1) is 0 Å². The molecule has 2 aromatic rings. The van der Waals surface area contributed by atoms with Gasteiger partial charge in [0.2, 0.25) is 5.91 Å². The van der Waals surface area contributed by atoms with Crippen LogP contribution in [-0.2, 0) is 22.3 Å². The third-order valence-electron chi connectivity index (χ3n) is 6.49. The highest BCUT2D eigenvalue weighted by molar-refractivity contribution is 5.98. The zero-order valence-electron chi connectivity index (χ0n) is 18.3. The maximum absolute atomic E-state index is 13.5. The summed E-state index contributed by atoms with van der Waals surface area (Å²) in [7, 11) is 0. The molecule has 2 fully saturated rings. The minimum atomic E-state index is -4.49. The normalized spacial score (nSPS) is 25.3. The number of carbonyl (C=O) groups is 2. The summed E-state index contributed by atoms with van der Waals surface area (Å²) in [6, 6.07) is 6.81. The molecule has 0 bridgehead atoms. The van der Waals surface area contributed by atoms with E-state index < -0.39 is 29.4 Å². The second-order valence-corrected chi connectivity index (χ2v) is 8.78. The highest BCUT2D eigenvalue weighted by Gasteiger charge is 2.53. The zero-order valence-corrected chi connectivity index (χ0v) is 18.3. The molecule has 1 saturated heterocycles. The number of nitrogens with zero attached hydrogens (tertiary/aromatic N) is 2. The fourth-order valence-corrected chi connectivity index (χ4v) is 4.53. The monoisotopic (exact) mass is 461 g/mol. The summed E-state index contributed by atoms with van der Waals surface area (Å²) >= 11 is 0.